The first-order valence-electron chi connectivity index (χ1n) is 6.16. The predicted molar refractivity (Wildman–Crippen MR) is 72.9 cm³/mol. The first kappa shape index (κ1) is 12.8. The van der Waals surface area contributed by atoms with Gasteiger partial charge in [0.25, 0.3) is 11.8 Å². The van der Waals surface area contributed by atoms with E-state index in [1.165, 1.54) is 6.20 Å². The molecule has 1 aliphatic rings. The topological polar surface area (TPSA) is 83.3 Å². The second-order valence-electron chi connectivity index (χ2n) is 4.26. The summed E-state index contributed by atoms with van der Waals surface area (Å²) in [5, 5.41) is 8.60. The van der Waals surface area contributed by atoms with E-state index in [2.05, 4.69) is 4.98 Å². The lowest BCUT2D eigenvalue weighted by Crippen LogP contribution is -2.30. The highest BCUT2D eigenvalue weighted by Gasteiger charge is 2.38. The van der Waals surface area contributed by atoms with E-state index in [0.717, 1.165) is 4.90 Å². The zero-order valence-electron chi connectivity index (χ0n) is 10.8. The number of pyridine rings is 1. The molecule has 0 saturated heterocycles. The number of imide groups is 1. The number of carbonyl (C=O) groups excluding carboxylic acids is 2. The molecular formula is C15H9N3O3. The van der Waals surface area contributed by atoms with Crippen molar-refractivity contribution in [3.05, 3.63) is 53.9 Å². The van der Waals surface area contributed by atoms with Crippen molar-refractivity contribution in [3.8, 4) is 11.8 Å². The Labute approximate surface area is 120 Å². The van der Waals surface area contributed by atoms with Gasteiger partial charge >= 0.3 is 0 Å². The number of anilines is 1. The Morgan fingerprint density at radius 1 is 1.14 bits per heavy atom. The van der Waals surface area contributed by atoms with Gasteiger partial charge in [-0.25, -0.2) is 4.90 Å². The van der Waals surface area contributed by atoms with Crippen LogP contribution in [-0.4, -0.2) is 23.4 Å². The van der Waals surface area contributed by atoms with Crippen molar-refractivity contribution < 1.29 is 14.3 Å². The van der Waals surface area contributed by atoms with Crippen molar-refractivity contribution in [2.24, 2.45) is 0 Å². The van der Waals surface area contributed by atoms with E-state index in [4.69, 9.17) is 10.00 Å². The zero-order valence-corrected chi connectivity index (χ0v) is 10.8. The number of para-hydroxylation sites is 2. The van der Waals surface area contributed by atoms with Crippen LogP contribution < -0.4 is 9.64 Å². The van der Waals surface area contributed by atoms with Crippen molar-refractivity contribution in [3.63, 3.8) is 0 Å². The standard InChI is InChI=1S/C15H9N3O3/c16-7-9-21-12-6-2-1-5-11(12)18-14(19)10-4-3-8-17-13(10)15(18)20/h1-6,8H,9H2. The van der Waals surface area contributed by atoms with Crippen LogP contribution in [0.25, 0.3) is 0 Å². The van der Waals surface area contributed by atoms with Gasteiger partial charge in [0, 0.05) is 6.20 Å². The minimum Gasteiger partial charge on any atom is -0.477 e. The average Bonchev–Trinajstić information content (AvgIpc) is 2.78. The molecule has 6 heteroatoms. The first-order valence-corrected chi connectivity index (χ1v) is 6.16. The zero-order chi connectivity index (χ0) is 14.8. The molecule has 3 rings (SSSR count). The minimum atomic E-state index is -0.497. The van der Waals surface area contributed by atoms with Crippen molar-refractivity contribution >= 4 is 17.5 Å². The van der Waals surface area contributed by atoms with Crippen LogP contribution in [0, 0.1) is 11.3 Å². The number of carbonyl (C=O) groups is 2. The summed E-state index contributed by atoms with van der Waals surface area (Å²) in [6, 6.07) is 11.6. The Bertz CT molecular complexity index is 745. The number of hydrogen-bond donors (Lipinski definition) is 0. The number of hydrogen-bond acceptors (Lipinski definition) is 5. The number of aromatic nitrogens is 1. The fourth-order valence-electron chi connectivity index (χ4n) is 2.16. The first-order chi connectivity index (χ1) is 10.2. The van der Waals surface area contributed by atoms with E-state index >= 15 is 0 Å². The van der Waals surface area contributed by atoms with Gasteiger partial charge in [0.15, 0.2) is 6.61 Å². The normalized spacial score (nSPS) is 13.0. The third-order valence-electron chi connectivity index (χ3n) is 3.05. The Morgan fingerprint density at radius 2 is 1.95 bits per heavy atom. The van der Waals surface area contributed by atoms with Gasteiger partial charge in [-0.05, 0) is 24.3 Å². The van der Waals surface area contributed by atoms with E-state index in [9.17, 15) is 9.59 Å². The molecule has 6 nitrogen and oxygen atoms in total. The lowest BCUT2D eigenvalue weighted by molar-refractivity contribution is 0.0923. The Morgan fingerprint density at radius 3 is 2.71 bits per heavy atom. The highest BCUT2D eigenvalue weighted by Crippen LogP contribution is 2.33. The van der Waals surface area contributed by atoms with Gasteiger partial charge in [-0.2, -0.15) is 5.26 Å². The summed E-state index contributed by atoms with van der Waals surface area (Å²) >= 11 is 0. The van der Waals surface area contributed by atoms with Crippen LogP contribution in [0.5, 0.6) is 5.75 Å². The monoisotopic (exact) mass is 279 g/mol. The molecule has 0 atom stereocenters. The maximum Gasteiger partial charge on any atom is 0.284 e. The van der Waals surface area contributed by atoms with Crippen LogP contribution in [0.3, 0.4) is 0 Å². The number of fused-ring (bicyclic) bond motifs is 1. The van der Waals surface area contributed by atoms with Gasteiger partial charge in [-0.1, -0.05) is 12.1 Å². The number of benzene rings is 1. The molecule has 102 valence electrons. The van der Waals surface area contributed by atoms with Gasteiger partial charge in [-0.3, -0.25) is 14.6 Å². The number of rotatable bonds is 3. The molecule has 0 N–H and O–H groups in total. The maximum atomic E-state index is 12.4. The Kier molecular flexibility index (Phi) is 3.09. The second-order valence-corrected chi connectivity index (χ2v) is 4.26. The molecule has 0 saturated carbocycles. The molecular weight excluding hydrogens is 270 g/mol. The summed E-state index contributed by atoms with van der Waals surface area (Å²) in [5.74, 6) is -0.645. The molecule has 2 heterocycles. The van der Waals surface area contributed by atoms with E-state index in [0.29, 0.717) is 11.4 Å². The molecule has 1 aromatic heterocycles. The molecule has 2 amide bonds. The second kappa shape index (κ2) is 5.06. The molecule has 0 aliphatic carbocycles. The van der Waals surface area contributed by atoms with Gasteiger partial charge < -0.3 is 4.74 Å². The largest absolute Gasteiger partial charge is 0.477 e. The van der Waals surface area contributed by atoms with Crippen LogP contribution in [0.15, 0.2) is 42.6 Å². The third kappa shape index (κ3) is 2.01. The predicted octanol–water partition coefficient (Wildman–Crippen LogP) is 1.78. The molecule has 0 fully saturated rings. The summed E-state index contributed by atoms with van der Waals surface area (Å²) in [7, 11) is 0. The molecule has 0 spiro atoms. The number of nitrogens with zero attached hydrogens (tertiary/aromatic N) is 3. The third-order valence-corrected chi connectivity index (χ3v) is 3.05. The molecule has 1 aliphatic heterocycles. The van der Waals surface area contributed by atoms with E-state index in [1.54, 1.807) is 36.4 Å². The van der Waals surface area contributed by atoms with E-state index in [-0.39, 0.29) is 17.9 Å². The molecule has 2 aromatic rings. The fraction of sp³-hybridized carbons (Fsp3) is 0.0667. The minimum absolute atomic E-state index is 0.123. The van der Waals surface area contributed by atoms with E-state index in [1.807, 2.05) is 6.07 Å². The van der Waals surface area contributed by atoms with Crippen molar-refractivity contribution in [2.45, 2.75) is 0 Å². The summed E-state index contributed by atoms with van der Waals surface area (Å²) in [4.78, 5) is 29.7. The lowest BCUT2D eigenvalue weighted by atomic mass is 10.2. The highest BCUT2D eigenvalue weighted by atomic mass is 16.5. The summed E-state index contributed by atoms with van der Waals surface area (Å²) in [5.41, 5.74) is 0.691. The Hall–Kier alpha value is -3.20. The molecule has 0 radical (unpaired) electrons. The maximum absolute atomic E-state index is 12.4. The summed E-state index contributed by atoms with van der Waals surface area (Å²) in [6.07, 6.45) is 1.46. The van der Waals surface area contributed by atoms with Crippen LogP contribution in [-0.2, 0) is 0 Å². The summed E-state index contributed by atoms with van der Waals surface area (Å²) < 4.78 is 5.27. The quantitative estimate of drug-likeness (QED) is 0.800. The SMILES string of the molecule is N#CCOc1ccccc1N1C(=O)c2cccnc2C1=O. The smallest absolute Gasteiger partial charge is 0.284 e. The van der Waals surface area contributed by atoms with Gasteiger partial charge in [-0.15, -0.1) is 0 Å². The van der Waals surface area contributed by atoms with Gasteiger partial charge in [0.05, 0.1) is 11.3 Å². The van der Waals surface area contributed by atoms with Crippen molar-refractivity contribution in [1.29, 1.82) is 5.26 Å². The van der Waals surface area contributed by atoms with Crippen LogP contribution in [0.2, 0.25) is 0 Å². The van der Waals surface area contributed by atoms with Crippen LogP contribution in [0.4, 0.5) is 5.69 Å². The fourth-order valence-corrected chi connectivity index (χ4v) is 2.16. The average molecular weight is 279 g/mol. The van der Waals surface area contributed by atoms with Crippen LogP contribution >= 0.6 is 0 Å². The lowest BCUT2D eigenvalue weighted by Gasteiger charge is -2.17. The molecule has 0 bridgehead atoms. The number of amides is 2. The van der Waals surface area contributed by atoms with Gasteiger partial charge in [0.2, 0.25) is 0 Å². The number of ether oxygens (including phenoxy) is 1. The molecule has 1 aromatic carbocycles. The number of nitriles is 1. The highest BCUT2D eigenvalue weighted by molar-refractivity contribution is 6.34. The molecule has 0 unspecified atom stereocenters. The van der Waals surface area contributed by atoms with Crippen molar-refractivity contribution in [2.75, 3.05) is 11.5 Å². The Balaban J connectivity index is 2.06. The van der Waals surface area contributed by atoms with Crippen molar-refractivity contribution in [1.82, 2.24) is 4.98 Å². The van der Waals surface area contributed by atoms with Crippen LogP contribution in [0.1, 0.15) is 20.8 Å². The van der Waals surface area contributed by atoms with E-state index < -0.39 is 11.8 Å². The van der Waals surface area contributed by atoms with Gasteiger partial charge in [0.1, 0.15) is 17.5 Å². The molecule has 21 heavy (non-hydrogen) atoms. The summed E-state index contributed by atoms with van der Waals surface area (Å²) in [6.45, 7) is -0.168.